The van der Waals surface area contributed by atoms with Crippen molar-refractivity contribution in [3.05, 3.63) is 0 Å². The minimum absolute atomic E-state index is 0.478. The summed E-state index contributed by atoms with van der Waals surface area (Å²) in [6.07, 6.45) is 6.01. The van der Waals surface area contributed by atoms with Crippen LogP contribution in [0.25, 0.3) is 0 Å². The lowest BCUT2D eigenvalue weighted by Crippen LogP contribution is -2.36. The van der Waals surface area contributed by atoms with Gasteiger partial charge in [0.25, 0.3) is 0 Å². The molecular weight excluding hydrogens is 174 g/mol. The Morgan fingerprint density at radius 2 is 2.36 bits per heavy atom. The van der Waals surface area contributed by atoms with Crippen molar-refractivity contribution < 1.29 is 0 Å². The molecular formula is C11H21N3. The summed E-state index contributed by atoms with van der Waals surface area (Å²) in [5.74, 6) is 0. The van der Waals surface area contributed by atoms with Crippen molar-refractivity contribution in [2.24, 2.45) is 4.99 Å². The Balaban J connectivity index is 1.72. The third kappa shape index (κ3) is 2.08. The highest BCUT2D eigenvalue weighted by atomic mass is 15.2. The van der Waals surface area contributed by atoms with Crippen LogP contribution >= 0.6 is 0 Å². The molecule has 3 unspecified atom stereocenters. The molecule has 1 N–H and O–H groups in total. The predicted molar refractivity (Wildman–Crippen MR) is 59.8 cm³/mol. The summed E-state index contributed by atoms with van der Waals surface area (Å²) in [5.41, 5.74) is 0. The average Bonchev–Trinajstić information content (AvgIpc) is 2.77. The molecule has 14 heavy (non-hydrogen) atoms. The molecule has 3 nitrogen and oxygen atoms in total. The number of nitrogens with one attached hydrogen (secondary N) is 1. The summed E-state index contributed by atoms with van der Waals surface area (Å²) in [4.78, 5) is 6.80. The summed E-state index contributed by atoms with van der Waals surface area (Å²) in [5, 5.41) is 3.54. The molecule has 2 aliphatic rings. The van der Waals surface area contributed by atoms with E-state index in [1.54, 1.807) is 0 Å². The zero-order chi connectivity index (χ0) is 9.97. The summed E-state index contributed by atoms with van der Waals surface area (Å²) >= 11 is 0. The maximum absolute atomic E-state index is 4.42. The standard InChI is InChI=1S/C11H21N3/c1-9-10(2)14(8-13-9)7-5-11-4-3-6-12-11/h8-12H,3-7H2,1-2H3. The minimum atomic E-state index is 0.478. The lowest BCUT2D eigenvalue weighted by molar-refractivity contribution is 0.319. The first-order chi connectivity index (χ1) is 6.77. The first kappa shape index (κ1) is 9.97. The van der Waals surface area contributed by atoms with Crippen LogP contribution < -0.4 is 5.32 Å². The Morgan fingerprint density at radius 1 is 1.50 bits per heavy atom. The molecule has 1 fully saturated rings. The maximum Gasteiger partial charge on any atom is 0.0857 e. The molecule has 0 aromatic carbocycles. The van der Waals surface area contributed by atoms with Crippen LogP contribution in [-0.4, -0.2) is 42.5 Å². The van der Waals surface area contributed by atoms with Crippen molar-refractivity contribution >= 4 is 6.34 Å². The molecule has 0 spiro atoms. The largest absolute Gasteiger partial charge is 0.358 e. The van der Waals surface area contributed by atoms with Crippen LogP contribution in [0.2, 0.25) is 0 Å². The fraction of sp³-hybridized carbons (Fsp3) is 0.909. The van der Waals surface area contributed by atoms with Crippen LogP contribution in [0.5, 0.6) is 0 Å². The van der Waals surface area contributed by atoms with Gasteiger partial charge in [-0.2, -0.15) is 0 Å². The number of aliphatic imine (C=N–C) groups is 1. The Labute approximate surface area is 86.6 Å². The molecule has 2 aliphatic heterocycles. The summed E-state index contributed by atoms with van der Waals surface area (Å²) in [6, 6.07) is 1.83. The molecule has 0 amide bonds. The van der Waals surface area contributed by atoms with Crippen molar-refractivity contribution in [2.45, 2.75) is 51.2 Å². The first-order valence-electron chi connectivity index (χ1n) is 5.80. The van der Waals surface area contributed by atoms with Gasteiger partial charge >= 0.3 is 0 Å². The Hall–Kier alpha value is -0.570. The van der Waals surface area contributed by atoms with E-state index >= 15 is 0 Å². The summed E-state index contributed by atoms with van der Waals surface area (Å²) in [6.45, 7) is 6.83. The Morgan fingerprint density at radius 3 is 2.93 bits per heavy atom. The second-order valence-electron chi connectivity index (χ2n) is 4.57. The zero-order valence-electron chi connectivity index (χ0n) is 9.24. The molecule has 0 aromatic heterocycles. The van der Waals surface area contributed by atoms with Gasteiger partial charge in [0.1, 0.15) is 0 Å². The topological polar surface area (TPSA) is 27.6 Å². The van der Waals surface area contributed by atoms with E-state index in [9.17, 15) is 0 Å². The van der Waals surface area contributed by atoms with E-state index in [-0.39, 0.29) is 0 Å². The minimum Gasteiger partial charge on any atom is -0.358 e. The van der Waals surface area contributed by atoms with Crippen LogP contribution in [0, 0.1) is 0 Å². The molecule has 3 atom stereocenters. The molecule has 0 saturated carbocycles. The zero-order valence-corrected chi connectivity index (χ0v) is 9.24. The second kappa shape index (κ2) is 4.30. The smallest absolute Gasteiger partial charge is 0.0857 e. The predicted octanol–water partition coefficient (Wildman–Crippen LogP) is 1.25. The normalized spacial score (nSPS) is 37.0. The summed E-state index contributed by atoms with van der Waals surface area (Å²) in [7, 11) is 0. The maximum atomic E-state index is 4.42. The van der Waals surface area contributed by atoms with Gasteiger partial charge in [0, 0.05) is 18.6 Å². The summed E-state index contributed by atoms with van der Waals surface area (Å²) < 4.78 is 0. The van der Waals surface area contributed by atoms with E-state index in [0.29, 0.717) is 12.1 Å². The van der Waals surface area contributed by atoms with E-state index in [4.69, 9.17) is 0 Å². The average molecular weight is 195 g/mol. The van der Waals surface area contributed by atoms with Gasteiger partial charge < -0.3 is 10.2 Å². The van der Waals surface area contributed by atoms with Crippen molar-refractivity contribution in [2.75, 3.05) is 13.1 Å². The van der Waals surface area contributed by atoms with E-state index < -0.39 is 0 Å². The number of hydrogen-bond acceptors (Lipinski definition) is 3. The molecule has 0 aliphatic carbocycles. The number of hydrogen-bond donors (Lipinski definition) is 1. The Kier molecular flexibility index (Phi) is 3.06. The Bertz CT molecular complexity index is 209. The number of nitrogens with zero attached hydrogens (tertiary/aromatic N) is 2. The lowest BCUT2D eigenvalue weighted by Gasteiger charge is -2.24. The van der Waals surface area contributed by atoms with Crippen LogP contribution in [-0.2, 0) is 0 Å². The van der Waals surface area contributed by atoms with Crippen LogP contribution in [0.3, 0.4) is 0 Å². The van der Waals surface area contributed by atoms with E-state index in [2.05, 4.69) is 29.1 Å². The molecule has 3 heteroatoms. The molecule has 80 valence electrons. The van der Waals surface area contributed by atoms with Crippen LogP contribution in [0.1, 0.15) is 33.1 Å². The third-order valence-electron chi connectivity index (χ3n) is 3.57. The van der Waals surface area contributed by atoms with Crippen molar-refractivity contribution in [1.29, 1.82) is 0 Å². The van der Waals surface area contributed by atoms with Gasteiger partial charge in [-0.3, -0.25) is 4.99 Å². The van der Waals surface area contributed by atoms with Crippen molar-refractivity contribution in [3.63, 3.8) is 0 Å². The molecule has 2 rings (SSSR count). The molecule has 2 heterocycles. The van der Waals surface area contributed by atoms with Crippen LogP contribution in [0.15, 0.2) is 4.99 Å². The quantitative estimate of drug-likeness (QED) is 0.734. The van der Waals surface area contributed by atoms with Gasteiger partial charge in [0.2, 0.25) is 0 Å². The first-order valence-corrected chi connectivity index (χ1v) is 5.80. The van der Waals surface area contributed by atoms with Crippen molar-refractivity contribution in [1.82, 2.24) is 10.2 Å². The number of rotatable bonds is 3. The second-order valence-corrected chi connectivity index (χ2v) is 4.57. The van der Waals surface area contributed by atoms with Gasteiger partial charge in [-0.25, -0.2) is 0 Å². The fourth-order valence-electron chi connectivity index (χ4n) is 2.27. The SMILES string of the molecule is CC1N=CN(CCC2CCCN2)C1C. The lowest BCUT2D eigenvalue weighted by atomic mass is 10.1. The van der Waals surface area contributed by atoms with Gasteiger partial charge in [-0.05, 0) is 39.7 Å². The van der Waals surface area contributed by atoms with Gasteiger partial charge in [-0.15, -0.1) is 0 Å². The van der Waals surface area contributed by atoms with Gasteiger partial charge in [0.05, 0.1) is 12.4 Å². The van der Waals surface area contributed by atoms with E-state index in [1.165, 1.54) is 25.8 Å². The van der Waals surface area contributed by atoms with Crippen molar-refractivity contribution in [3.8, 4) is 0 Å². The molecule has 1 saturated heterocycles. The molecule has 0 aromatic rings. The van der Waals surface area contributed by atoms with Gasteiger partial charge in [0.15, 0.2) is 0 Å². The van der Waals surface area contributed by atoms with E-state index in [1.807, 2.05) is 6.34 Å². The highest BCUT2D eigenvalue weighted by Crippen LogP contribution is 2.15. The highest BCUT2D eigenvalue weighted by Gasteiger charge is 2.23. The van der Waals surface area contributed by atoms with Gasteiger partial charge in [-0.1, -0.05) is 0 Å². The van der Waals surface area contributed by atoms with E-state index in [0.717, 1.165) is 12.6 Å². The molecule has 0 radical (unpaired) electrons. The molecule has 0 bridgehead atoms. The fourth-order valence-corrected chi connectivity index (χ4v) is 2.27. The van der Waals surface area contributed by atoms with Crippen LogP contribution in [0.4, 0.5) is 0 Å². The third-order valence-corrected chi connectivity index (χ3v) is 3.57. The highest BCUT2D eigenvalue weighted by molar-refractivity contribution is 5.58. The monoisotopic (exact) mass is 195 g/mol.